The Kier molecular flexibility index (Phi) is 3.28. The molecule has 2 aromatic rings. The summed E-state index contributed by atoms with van der Waals surface area (Å²) < 4.78 is 0. The Morgan fingerprint density at radius 3 is 2.38 bits per heavy atom. The highest BCUT2D eigenvalue weighted by Gasteiger charge is 1.99. The lowest BCUT2D eigenvalue weighted by atomic mass is 10.2. The lowest BCUT2D eigenvalue weighted by Gasteiger charge is -2.00. The maximum Gasteiger partial charge on any atom is 0.159 e. The summed E-state index contributed by atoms with van der Waals surface area (Å²) in [5.41, 5.74) is 1.98. The molecular weight excluding hydrogens is 200 g/mol. The van der Waals surface area contributed by atoms with Gasteiger partial charge in [0.05, 0.1) is 6.26 Å². The van der Waals surface area contributed by atoms with E-state index in [4.69, 9.17) is 5.11 Å². The minimum absolute atomic E-state index is 0.644. The Bertz CT molecular complexity index is 463. The summed E-state index contributed by atoms with van der Waals surface area (Å²) in [5, 5.41) is 8.54. The lowest BCUT2D eigenvalue weighted by molar-refractivity contribution is 0.471. The summed E-state index contributed by atoms with van der Waals surface area (Å²) in [6.45, 7) is 0. The summed E-state index contributed by atoms with van der Waals surface area (Å²) in [6, 6.07) is 9.83. The predicted molar refractivity (Wildman–Crippen MR) is 62.9 cm³/mol. The summed E-state index contributed by atoms with van der Waals surface area (Å²) in [4.78, 5) is 8.55. The van der Waals surface area contributed by atoms with Crippen molar-refractivity contribution in [2.24, 2.45) is 0 Å². The number of aliphatic hydroxyl groups excluding tert-OH is 1. The summed E-state index contributed by atoms with van der Waals surface area (Å²) in [7, 11) is 0. The van der Waals surface area contributed by atoms with Crippen molar-refractivity contribution in [3.8, 4) is 11.4 Å². The SMILES string of the molecule is O/C=C/Cc1cnc(-c2ccccc2)nc1. The molecule has 1 aromatic carbocycles. The first kappa shape index (κ1) is 10.4. The van der Waals surface area contributed by atoms with Gasteiger partial charge in [0.15, 0.2) is 5.82 Å². The zero-order valence-corrected chi connectivity index (χ0v) is 8.74. The van der Waals surface area contributed by atoms with Crippen LogP contribution in [0.25, 0.3) is 11.4 Å². The van der Waals surface area contributed by atoms with Crippen molar-refractivity contribution < 1.29 is 5.11 Å². The molecule has 80 valence electrons. The zero-order chi connectivity index (χ0) is 11.2. The smallest absolute Gasteiger partial charge is 0.159 e. The molecule has 1 N–H and O–H groups in total. The highest BCUT2D eigenvalue weighted by molar-refractivity contribution is 5.53. The van der Waals surface area contributed by atoms with E-state index in [1.165, 1.54) is 0 Å². The third-order valence-electron chi connectivity index (χ3n) is 2.20. The van der Waals surface area contributed by atoms with E-state index in [0.717, 1.165) is 23.2 Å². The molecule has 0 fully saturated rings. The van der Waals surface area contributed by atoms with Gasteiger partial charge in [-0.25, -0.2) is 9.97 Å². The number of allylic oxidation sites excluding steroid dienone is 1. The third-order valence-corrected chi connectivity index (χ3v) is 2.20. The standard InChI is InChI=1S/C13H12N2O/c16-8-4-5-11-9-14-13(15-10-11)12-6-2-1-3-7-12/h1-4,6-10,16H,5H2/b8-4+. The first-order valence-corrected chi connectivity index (χ1v) is 5.05. The minimum atomic E-state index is 0.644. The fraction of sp³-hybridized carbons (Fsp3) is 0.0769. The number of hydrogen-bond acceptors (Lipinski definition) is 3. The molecule has 0 unspecified atom stereocenters. The maximum atomic E-state index is 8.54. The van der Waals surface area contributed by atoms with Crippen LogP contribution in [-0.4, -0.2) is 15.1 Å². The maximum absolute atomic E-state index is 8.54. The lowest BCUT2D eigenvalue weighted by Crippen LogP contribution is -1.91. The van der Waals surface area contributed by atoms with Crippen LogP contribution in [0.4, 0.5) is 0 Å². The van der Waals surface area contributed by atoms with Crippen LogP contribution in [0, 0.1) is 0 Å². The van der Waals surface area contributed by atoms with E-state index in [1.54, 1.807) is 18.5 Å². The van der Waals surface area contributed by atoms with E-state index in [0.29, 0.717) is 6.42 Å². The third kappa shape index (κ3) is 2.45. The number of aromatic nitrogens is 2. The van der Waals surface area contributed by atoms with E-state index in [1.807, 2.05) is 30.3 Å². The highest BCUT2D eigenvalue weighted by Crippen LogP contribution is 2.13. The van der Waals surface area contributed by atoms with Crippen LogP contribution in [0.15, 0.2) is 55.1 Å². The van der Waals surface area contributed by atoms with E-state index in [2.05, 4.69) is 9.97 Å². The molecule has 0 aliphatic carbocycles. The molecule has 0 bridgehead atoms. The van der Waals surface area contributed by atoms with Crippen LogP contribution < -0.4 is 0 Å². The molecule has 1 heterocycles. The molecule has 3 heteroatoms. The first-order chi connectivity index (χ1) is 7.90. The molecule has 0 saturated carbocycles. The van der Waals surface area contributed by atoms with Crippen molar-refractivity contribution in [3.63, 3.8) is 0 Å². The normalized spacial score (nSPS) is 10.8. The van der Waals surface area contributed by atoms with Gasteiger partial charge < -0.3 is 5.11 Å². The molecule has 0 atom stereocenters. The van der Waals surface area contributed by atoms with Crippen molar-refractivity contribution in [1.82, 2.24) is 9.97 Å². The van der Waals surface area contributed by atoms with E-state index in [-0.39, 0.29) is 0 Å². The number of benzene rings is 1. The van der Waals surface area contributed by atoms with Gasteiger partial charge in [0.25, 0.3) is 0 Å². The quantitative estimate of drug-likeness (QED) is 0.796. The van der Waals surface area contributed by atoms with Crippen LogP contribution >= 0.6 is 0 Å². The molecule has 0 aliphatic heterocycles. The molecule has 0 aliphatic rings. The van der Waals surface area contributed by atoms with Gasteiger partial charge in [-0.1, -0.05) is 30.3 Å². The Labute approximate surface area is 94.1 Å². The van der Waals surface area contributed by atoms with Gasteiger partial charge in [-0.05, 0) is 18.1 Å². The van der Waals surface area contributed by atoms with Crippen LogP contribution in [0.5, 0.6) is 0 Å². The van der Waals surface area contributed by atoms with Crippen LogP contribution in [-0.2, 0) is 6.42 Å². The molecule has 0 spiro atoms. The fourth-order valence-corrected chi connectivity index (χ4v) is 1.39. The number of hydrogen-bond donors (Lipinski definition) is 1. The Morgan fingerprint density at radius 1 is 1.06 bits per heavy atom. The monoisotopic (exact) mass is 212 g/mol. The van der Waals surface area contributed by atoms with Crippen molar-refractivity contribution in [1.29, 1.82) is 0 Å². The number of rotatable bonds is 3. The molecule has 0 radical (unpaired) electrons. The van der Waals surface area contributed by atoms with Gasteiger partial charge in [-0.15, -0.1) is 0 Å². The van der Waals surface area contributed by atoms with E-state index >= 15 is 0 Å². The van der Waals surface area contributed by atoms with Crippen molar-refractivity contribution in [3.05, 3.63) is 60.6 Å². The van der Waals surface area contributed by atoms with E-state index in [9.17, 15) is 0 Å². The zero-order valence-electron chi connectivity index (χ0n) is 8.74. The largest absolute Gasteiger partial charge is 0.516 e. The van der Waals surface area contributed by atoms with Gasteiger partial charge in [0.1, 0.15) is 0 Å². The molecule has 1 aromatic heterocycles. The average molecular weight is 212 g/mol. The van der Waals surface area contributed by atoms with Crippen LogP contribution in [0.2, 0.25) is 0 Å². The number of aliphatic hydroxyl groups is 1. The minimum Gasteiger partial charge on any atom is -0.516 e. The first-order valence-electron chi connectivity index (χ1n) is 5.05. The predicted octanol–water partition coefficient (Wildman–Crippen LogP) is 2.76. The second-order valence-corrected chi connectivity index (χ2v) is 3.37. The molecule has 16 heavy (non-hydrogen) atoms. The summed E-state index contributed by atoms with van der Waals surface area (Å²) in [6.07, 6.45) is 6.88. The van der Waals surface area contributed by atoms with Gasteiger partial charge in [-0.2, -0.15) is 0 Å². The van der Waals surface area contributed by atoms with Crippen molar-refractivity contribution in [2.45, 2.75) is 6.42 Å². The summed E-state index contributed by atoms with van der Waals surface area (Å²) >= 11 is 0. The molecule has 0 amide bonds. The summed E-state index contributed by atoms with van der Waals surface area (Å²) in [5.74, 6) is 0.720. The Morgan fingerprint density at radius 2 is 1.75 bits per heavy atom. The van der Waals surface area contributed by atoms with Gasteiger partial charge >= 0.3 is 0 Å². The Balaban J connectivity index is 2.20. The molecule has 0 saturated heterocycles. The fourth-order valence-electron chi connectivity index (χ4n) is 1.39. The van der Waals surface area contributed by atoms with Crippen LogP contribution in [0.3, 0.4) is 0 Å². The van der Waals surface area contributed by atoms with E-state index < -0.39 is 0 Å². The average Bonchev–Trinajstić information content (AvgIpc) is 2.38. The van der Waals surface area contributed by atoms with Gasteiger partial charge in [0, 0.05) is 18.0 Å². The molecule has 2 rings (SSSR count). The van der Waals surface area contributed by atoms with Crippen molar-refractivity contribution >= 4 is 0 Å². The van der Waals surface area contributed by atoms with Crippen LogP contribution in [0.1, 0.15) is 5.56 Å². The topological polar surface area (TPSA) is 46.0 Å². The van der Waals surface area contributed by atoms with Gasteiger partial charge in [-0.3, -0.25) is 0 Å². The second kappa shape index (κ2) is 5.07. The van der Waals surface area contributed by atoms with Gasteiger partial charge in [0.2, 0.25) is 0 Å². The molecular formula is C13H12N2O. The van der Waals surface area contributed by atoms with Crippen molar-refractivity contribution in [2.75, 3.05) is 0 Å². The highest BCUT2D eigenvalue weighted by atomic mass is 16.2. The second-order valence-electron chi connectivity index (χ2n) is 3.37. The Hall–Kier alpha value is -2.16. The number of nitrogens with zero attached hydrogens (tertiary/aromatic N) is 2. The molecule has 3 nitrogen and oxygen atoms in total.